The summed E-state index contributed by atoms with van der Waals surface area (Å²) >= 11 is 0. The third-order valence-electron chi connectivity index (χ3n) is 3.82. The Hall–Kier alpha value is -1.69. The molecule has 0 bridgehead atoms. The number of hydrogen-bond acceptors (Lipinski definition) is 5. The molecule has 1 saturated heterocycles. The summed E-state index contributed by atoms with van der Waals surface area (Å²) in [6, 6.07) is 0. The van der Waals surface area contributed by atoms with Crippen LogP contribution in [0, 0.1) is 0 Å². The van der Waals surface area contributed by atoms with Gasteiger partial charge >= 0.3 is 0 Å². The van der Waals surface area contributed by atoms with Crippen molar-refractivity contribution in [1.82, 2.24) is 25.2 Å². The van der Waals surface area contributed by atoms with Gasteiger partial charge in [0.15, 0.2) is 0 Å². The van der Waals surface area contributed by atoms with Crippen LogP contribution in [-0.4, -0.2) is 33.0 Å². The number of aryl methyl sites for hydroxylation is 1. The summed E-state index contributed by atoms with van der Waals surface area (Å²) in [5.74, 6) is 1.39. The molecule has 2 aromatic rings. The molecular formula is C13H19N5O. The third-order valence-corrected chi connectivity index (χ3v) is 3.82. The highest BCUT2D eigenvalue weighted by Gasteiger charge is 2.40. The van der Waals surface area contributed by atoms with Gasteiger partial charge in [0, 0.05) is 19.8 Å². The maximum Gasteiger partial charge on any atom is 0.234 e. The van der Waals surface area contributed by atoms with Gasteiger partial charge in [0.1, 0.15) is 0 Å². The fourth-order valence-electron chi connectivity index (χ4n) is 2.82. The van der Waals surface area contributed by atoms with E-state index in [1.807, 2.05) is 13.2 Å². The van der Waals surface area contributed by atoms with E-state index in [2.05, 4.69) is 27.5 Å². The van der Waals surface area contributed by atoms with Gasteiger partial charge in [-0.25, -0.2) is 0 Å². The van der Waals surface area contributed by atoms with E-state index >= 15 is 0 Å². The second-order valence-electron chi connectivity index (χ2n) is 5.28. The van der Waals surface area contributed by atoms with Gasteiger partial charge in [0.2, 0.25) is 11.7 Å². The highest BCUT2D eigenvalue weighted by Crippen LogP contribution is 2.35. The monoisotopic (exact) mass is 261 g/mol. The van der Waals surface area contributed by atoms with Crippen LogP contribution in [-0.2, 0) is 12.5 Å². The van der Waals surface area contributed by atoms with Crippen LogP contribution in [0.2, 0.25) is 0 Å². The van der Waals surface area contributed by atoms with Crippen LogP contribution in [0.15, 0.2) is 16.9 Å². The van der Waals surface area contributed by atoms with Crippen molar-refractivity contribution in [3.05, 3.63) is 18.3 Å². The SMILES string of the molecule is CCCC1(c2nc(-c3cnn(C)c3)no2)CCNC1. The highest BCUT2D eigenvalue weighted by atomic mass is 16.5. The largest absolute Gasteiger partial charge is 0.338 e. The summed E-state index contributed by atoms with van der Waals surface area (Å²) in [4.78, 5) is 4.60. The third kappa shape index (κ3) is 2.16. The molecule has 1 aliphatic heterocycles. The van der Waals surface area contributed by atoms with E-state index in [1.54, 1.807) is 10.9 Å². The summed E-state index contributed by atoms with van der Waals surface area (Å²) in [6.07, 6.45) is 6.92. The van der Waals surface area contributed by atoms with Gasteiger partial charge in [-0.3, -0.25) is 4.68 Å². The molecule has 1 unspecified atom stereocenters. The van der Waals surface area contributed by atoms with Gasteiger partial charge in [0.05, 0.1) is 17.2 Å². The molecule has 19 heavy (non-hydrogen) atoms. The molecule has 0 aliphatic carbocycles. The molecule has 6 nitrogen and oxygen atoms in total. The zero-order valence-electron chi connectivity index (χ0n) is 11.4. The molecule has 2 aromatic heterocycles. The van der Waals surface area contributed by atoms with Crippen molar-refractivity contribution in [2.75, 3.05) is 13.1 Å². The fourth-order valence-corrected chi connectivity index (χ4v) is 2.82. The van der Waals surface area contributed by atoms with Gasteiger partial charge < -0.3 is 9.84 Å². The molecule has 1 atom stereocenters. The smallest absolute Gasteiger partial charge is 0.234 e. The van der Waals surface area contributed by atoms with Crippen molar-refractivity contribution in [2.45, 2.75) is 31.6 Å². The molecule has 0 saturated carbocycles. The van der Waals surface area contributed by atoms with Gasteiger partial charge in [-0.2, -0.15) is 10.1 Å². The summed E-state index contributed by atoms with van der Waals surface area (Å²) < 4.78 is 7.27. The lowest BCUT2D eigenvalue weighted by Gasteiger charge is -2.22. The number of nitrogens with one attached hydrogen (secondary N) is 1. The minimum Gasteiger partial charge on any atom is -0.338 e. The molecule has 6 heteroatoms. The van der Waals surface area contributed by atoms with Crippen molar-refractivity contribution in [3.8, 4) is 11.4 Å². The predicted molar refractivity (Wildman–Crippen MR) is 70.6 cm³/mol. The molecule has 3 heterocycles. The molecule has 102 valence electrons. The van der Waals surface area contributed by atoms with Crippen LogP contribution in [0.25, 0.3) is 11.4 Å². The minimum absolute atomic E-state index is 0.0161. The highest BCUT2D eigenvalue weighted by molar-refractivity contribution is 5.51. The topological polar surface area (TPSA) is 68.8 Å². The molecule has 1 fully saturated rings. The van der Waals surface area contributed by atoms with Crippen LogP contribution < -0.4 is 5.32 Å². The fraction of sp³-hybridized carbons (Fsp3) is 0.615. The molecule has 1 N–H and O–H groups in total. The van der Waals surface area contributed by atoms with E-state index in [1.165, 1.54) is 0 Å². The quantitative estimate of drug-likeness (QED) is 0.903. The first-order chi connectivity index (χ1) is 9.23. The van der Waals surface area contributed by atoms with E-state index < -0.39 is 0 Å². The maximum absolute atomic E-state index is 5.53. The molecular weight excluding hydrogens is 242 g/mol. The Labute approximate surface area is 112 Å². The summed E-state index contributed by atoms with van der Waals surface area (Å²) in [6.45, 7) is 4.14. The number of nitrogens with zero attached hydrogens (tertiary/aromatic N) is 4. The van der Waals surface area contributed by atoms with Gasteiger partial charge in [0.25, 0.3) is 0 Å². The maximum atomic E-state index is 5.53. The normalized spacial score (nSPS) is 23.1. The van der Waals surface area contributed by atoms with Gasteiger partial charge in [-0.15, -0.1) is 0 Å². The van der Waals surface area contributed by atoms with Crippen molar-refractivity contribution in [3.63, 3.8) is 0 Å². The van der Waals surface area contributed by atoms with E-state index in [9.17, 15) is 0 Å². The average molecular weight is 261 g/mol. The van der Waals surface area contributed by atoms with E-state index in [-0.39, 0.29) is 5.41 Å². The minimum atomic E-state index is 0.0161. The van der Waals surface area contributed by atoms with Gasteiger partial charge in [-0.1, -0.05) is 18.5 Å². The summed E-state index contributed by atoms with van der Waals surface area (Å²) in [5.41, 5.74) is 0.914. The Kier molecular flexibility index (Phi) is 3.10. The van der Waals surface area contributed by atoms with E-state index in [4.69, 9.17) is 4.52 Å². The van der Waals surface area contributed by atoms with Crippen molar-refractivity contribution >= 4 is 0 Å². The molecule has 0 spiro atoms. The number of aromatic nitrogens is 4. The van der Waals surface area contributed by atoms with Crippen LogP contribution >= 0.6 is 0 Å². The van der Waals surface area contributed by atoms with Crippen LogP contribution in [0.5, 0.6) is 0 Å². The summed E-state index contributed by atoms with van der Waals surface area (Å²) in [5, 5.41) is 11.6. The Morgan fingerprint density at radius 3 is 3.05 bits per heavy atom. The zero-order valence-corrected chi connectivity index (χ0v) is 11.4. The Morgan fingerprint density at radius 2 is 2.42 bits per heavy atom. The van der Waals surface area contributed by atoms with Gasteiger partial charge in [-0.05, 0) is 19.4 Å². The predicted octanol–water partition coefficient (Wildman–Crippen LogP) is 1.50. The number of rotatable bonds is 4. The first kappa shape index (κ1) is 12.3. The lowest BCUT2D eigenvalue weighted by atomic mass is 9.82. The van der Waals surface area contributed by atoms with Crippen LogP contribution in [0.3, 0.4) is 0 Å². The first-order valence-electron chi connectivity index (χ1n) is 6.77. The summed E-state index contributed by atoms with van der Waals surface area (Å²) in [7, 11) is 1.88. The second kappa shape index (κ2) is 4.77. The molecule has 1 aliphatic rings. The number of hydrogen-bond donors (Lipinski definition) is 1. The average Bonchev–Trinajstić information content (AvgIpc) is 3.07. The van der Waals surface area contributed by atoms with Crippen LogP contribution in [0.1, 0.15) is 32.1 Å². The van der Waals surface area contributed by atoms with Crippen molar-refractivity contribution in [2.24, 2.45) is 7.05 Å². The van der Waals surface area contributed by atoms with Crippen LogP contribution in [0.4, 0.5) is 0 Å². The Bertz CT molecular complexity index is 553. The van der Waals surface area contributed by atoms with Crippen molar-refractivity contribution in [1.29, 1.82) is 0 Å². The van der Waals surface area contributed by atoms with E-state index in [0.717, 1.165) is 43.8 Å². The Morgan fingerprint density at radius 1 is 1.53 bits per heavy atom. The zero-order chi connectivity index (χ0) is 13.3. The first-order valence-corrected chi connectivity index (χ1v) is 6.77. The molecule has 3 rings (SSSR count). The second-order valence-corrected chi connectivity index (χ2v) is 5.28. The molecule has 0 aromatic carbocycles. The van der Waals surface area contributed by atoms with Crippen molar-refractivity contribution < 1.29 is 4.52 Å². The van der Waals surface area contributed by atoms with E-state index in [0.29, 0.717) is 5.82 Å². The lowest BCUT2D eigenvalue weighted by Crippen LogP contribution is -2.29. The molecule has 0 amide bonds. The molecule has 0 radical (unpaired) electrons. The Balaban J connectivity index is 1.91. The standard InChI is InChI=1S/C13H19N5O/c1-3-4-13(5-6-14-9-13)12-16-11(17-19-12)10-7-15-18(2)8-10/h7-8,14H,3-6,9H2,1-2H3. The lowest BCUT2D eigenvalue weighted by molar-refractivity contribution is 0.277.